The van der Waals surface area contributed by atoms with E-state index in [1.165, 1.54) is 16.7 Å². The Kier molecular flexibility index (Phi) is 5.98. The van der Waals surface area contributed by atoms with E-state index in [0.29, 0.717) is 17.8 Å². The maximum absolute atomic E-state index is 13.1. The number of aromatic amines is 1. The molecular weight excluding hydrogens is 386 g/mol. The van der Waals surface area contributed by atoms with Crippen LogP contribution < -0.4 is 5.32 Å². The van der Waals surface area contributed by atoms with Gasteiger partial charge in [-0.3, -0.25) is 9.89 Å². The lowest BCUT2D eigenvalue weighted by Crippen LogP contribution is -2.25. The molecule has 2 N–H and O–H groups in total. The predicted molar refractivity (Wildman–Crippen MR) is 122 cm³/mol. The Balaban J connectivity index is 1.57. The number of para-hydroxylation sites is 1. The summed E-state index contributed by atoms with van der Waals surface area (Å²) in [5.74, 6) is -0.112. The van der Waals surface area contributed by atoms with Gasteiger partial charge in [0.2, 0.25) is 0 Å². The van der Waals surface area contributed by atoms with Gasteiger partial charge < -0.3 is 5.32 Å². The number of nitrogens with zero attached hydrogens (tertiary/aromatic N) is 3. The molecule has 0 radical (unpaired) electrons. The van der Waals surface area contributed by atoms with Gasteiger partial charge >= 0.3 is 0 Å². The standard InChI is InChI=1S/C25H27N5O/c1-17-11-12-20(14-18(17)2)24-23(16-30(29-24)22-9-5-4-6-10-22)25(31)26-13-7-8-21-15-27-28-19(21)3/h4-6,9-12,14-16H,7-8,13H2,1-3H3,(H,26,31)(H,27,28). The van der Waals surface area contributed by atoms with Crippen LogP contribution in [0.15, 0.2) is 60.9 Å². The van der Waals surface area contributed by atoms with Gasteiger partial charge in [-0.1, -0.05) is 30.3 Å². The second-order valence-electron chi connectivity index (χ2n) is 7.85. The van der Waals surface area contributed by atoms with Gasteiger partial charge in [-0.2, -0.15) is 10.2 Å². The molecule has 0 aliphatic rings. The number of aromatic nitrogens is 4. The highest BCUT2D eigenvalue weighted by Gasteiger charge is 2.19. The molecule has 0 atom stereocenters. The Bertz CT molecular complexity index is 1190. The molecule has 4 aromatic rings. The molecule has 0 unspecified atom stereocenters. The first-order chi connectivity index (χ1) is 15.0. The summed E-state index contributed by atoms with van der Waals surface area (Å²) in [7, 11) is 0. The van der Waals surface area contributed by atoms with Crippen molar-refractivity contribution >= 4 is 5.91 Å². The van der Waals surface area contributed by atoms with Crippen molar-refractivity contribution < 1.29 is 4.79 Å². The van der Waals surface area contributed by atoms with Gasteiger partial charge in [-0.25, -0.2) is 4.68 Å². The van der Waals surface area contributed by atoms with Crippen LogP contribution in [0, 0.1) is 20.8 Å². The predicted octanol–water partition coefficient (Wildman–Crippen LogP) is 4.55. The van der Waals surface area contributed by atoms with E-state index < -0.39 is 0 Å². The Morgan fingerprint density at radius 1 is 1.06 bits per heavy atom. The number of amides is 1. The van der Waals surface area contributed by atoms with E-state index in [1.807, 2.05) is 55.7 Å². The molecule has 2 aromatic heterocycles. The third-order valence-corrected chi connectivity index (χ3v) is 5.60. The maximum Gasteiger partial charge on any atom is 0.255 e. The fourth-order valence-electron chi connectivity index (χ4n) is 3.56. The summed E-state index contributed by atoms with van der Waals surface area (Å²) < 4.78 is 1.77. The zero-order chi connectivity index (χ0) is 21.8. The number of carbonyl (C=O) groups is 1. The monoisotopic (exact) mass is 413 g/mol. The van der Waals surface area contributed by atoms with Crippen LogP contribution in [0.2, 0.25) is 0 Å². The molecule has 0 saturated carbocycles. The van der Waals surface area contributed by atoms with Crippen molar-refractivity contribution in [2.45, 2.75) is 33.6 Å². The fourth-order valence-corrected chi connectivity index (χ4v) is 3.56. The highest BCUT2D eigenvalue weighted by Crippen LogP contribution is 2.26. The second-order valence-corrected chi connectivity index (χ2v) is 7.85. The van der Waals surface area contributed by atoms with Crippen LogP contribution in [0.25, 0.3) is 16.9 Å². The number of hydrogen-bond donors (Lipinski definition) is 2. The summed E-state index contributed by atoms with van der Waals surface area (Å²) in [6, 6.07) is 16.0. The lowest BCUT2D eigenvalue weighted by Gasteiger charge is -2.07. The van der Waals surface area contributed by atoms with Crippen molar-refractivity contribution in [2.75, 3.05) is 6.54 Å². The van der Waals surface area contributed by atoms with Crippen molar-refractivity contribution in [2.24, 2.45) is 0 Å². The number of carbonyl (C=O) groups excluding carboxylic acids is 1. The molecule has 6 nitrogen and oxygen atoms in total. The number of H-pyrrole nitrogens is 1. The highest BCUT2D eigenvalue weighted by molar-refractivity contribution is 6.00. The van der Waals surface area contributed by atoms with Crippen LogP contribution in [-0.4, -0.2) is 32.4 Å². The maximum atomic E-state index is 13.1. The quantitative estimate of drug-likeness (QED) is 0.437. The molecule has 0 spiro atoms. The minimum atomic E-state index is -0.112. The van der Waals surface area contributed by atoms with Gasteiger partial charge in [-0.05, 0) is 68.5 Å². The summed E-state index contributed by atoms with van der Waals surface area (Å²) in [5.41, 5.74) is 7.77. The van der Waals surface area contributed by atoms with Gasteiger partial charge in [0.25, 0.3) is 5.91 Å². The average Bonchev–Trinajstić information content (AvgIpc) is 3.40. The summed E-state index contributed by atoms with van der Waals surface area (Å²) >= 11 is 0. The molecule has 2 heterocycles. The Hall–Kier alpha value is -3.67. The number of aryl methyl sites for hydroxylation is 4. The summed E-state index contributed by atoms with van der Waals surface area (Å²) in [4.78, 5) is 13.1. The van der Waals surface area contributed by atoms with E-state index >= 15 is 0 Å². The van der Waals surface area contributed by atoms with Crippen molar-refractivity contribution in [3.05, 3.63) is 88.9 Å². The molecule has 6 heteroatoms. The normalized spacial score (nSPS) is 10.9. The first-order valence-electron chi connectivity index (χ1n) is 10.5. The van der Waals surface area contributed by atoms with Crippen molar-refractivity contribution in [1.82, 2.24) is 25.3 Å². The van der Waals surface area contributed by atoms with Crippen LogP contribution in [0.1, 0.15) is 39.2 Å². The van der Waals surface area contributed by atoms with E-state index in [1.54, 1.807) is 4.68 Å². The van der Waals surface area contributed by atoms with Gasteiger partial charge in [-0.15, -0.1) is 0 Å². The van der Waals surface area contributed by atoms with E-state index in [0.717, 1.165) is 29.8 Å². The zero-order valence-electron chi connectivity index (χ0n) is 18.1. The third kappa shape index (κ3) is 4.58. The van der Waals surface area contributed by atoms with Crippen LogP contribution in [0.3, 0.4) is 0 Å². The van der Waals surface area contributed by atoms with Crippen LogP contribution in [0.5, 0.6) is 0 Å². The molecule has 0 fully saturated rings. The molecule has 0 aliphatic carbocycles. The molecule has 0 aliphatic heterocycles. The van der Waals surface area contributed by atoms with Gasteiger partial charge in [0.05, 0.1) is 17.4 Å². The highest BCUT2D eigenvalue weighted by atomic mass is 16.1. The molecule has 158 valence electrons. The number of benzene rings is 2. The van der Waals surface area contributed by atoms with Crippen LogP contribution in [-0.2, 0) is 6.42 Å². The summed E-state index contributed by atoms with van der Waals surface area (Å²) in [5, 5.41) is 14.8. The van der Waals surface area contributed by atoms with Gasteiger partial charge in [0.15, 0.2) is 0 Å². The number of hydrogen-bond acceptors (Lipinski definition) is 3. The van der Waals surface area contributed by atoms with Crippen molar-refractivity contribution in [1.29, 1.82) is 0 Å². The van der Waals surface area contributed by atoms with E-state index in [4.69, 9.17) is 5.10 Å². The van der Waals surface area contributed by atoms with Crippen LogP contribution >= 0.6 is 0 Å². The first-order valence-corrected chi connectivity index (χ1v) is 10.5. The smallest absolute Gasteiger partial charge is 0.255 e. The third-order valence-electron chi connectivity index (χ3n) is 5.60. The number of nitrogens with one attached hydrogen (secondary N) is 2. The Morgan fingerprint density at radius 2 is 1.87 bits per heavy atom. The SMILES string of the molecule is Cc1ccc(-c2nn(-c3ccccc3)cc2C(=O)NCCCc2cn[nH]c2C)cc1C. The van der Waals surface area contributed by atoms with E-state index in [2.05, 4.69) is 41.5 Å². The largest absolute Gasteiger partial charge is 0.352 e. The fraction of sp³-hybridized carbons (Fsp3) is 0.240. The zero-order valence-corrected chi connectivity index (χ0v) is 18.1. The molecular formula is C25H27N5O. The Labute approximate surface area is 182 Å². The summed E-state index contributed by atoms with van der Waals surface area (Å²) in [6.07, 6.45) is 5.38. The molecule has 1 amide bonds. The number of rotatable bonds is 7. The molecule has 31 heavy (non-hydrogen) atoms. The lowest BCUT2D eigenvalue weighted by molar-refractivity contribution is 0.0954. The molecule has 0 saturated heterocycles. The van der Waals surface area contributed by atoms with Crippen molar-refractivity contribution in [3.63, 3.8) is 0 Å². The van der Waals surface area contributed by atoms with Gasteiger partial charge in [0.1, 0.15) is 5.69 Å². The van der Waals surface area contributed by atoms with Crippen molar-refractivity contribution in [3.8, 4) is 16.9 Å². The second kappa shape index (κ2) is 9.00. The topological polar surface area (TPSA) is 75.6 Å². The van der Waals surface area contributed by atoms with E-state index in [9.17, 15) is 4.79 Å². The average molecular weight is 414 g/mol. The van der Waals surface area contributed by atoms with E-state index in [-0.39, 0.29) is 5.91 Å². The molecule has 2 aromatic carbocycles. The molecule has 0 bridgehead atoms. The minimum Gasteiger partial charge on any atom is -0.352 e. The lowest BCUT2D eigenvalue weighted by atomic mass is 10.0. The Morgan fingerprint density at radius 3 is 2.58 bits per heavy atom. The van der Waals surface area contributed by atoms with Gasteiger partial charge in [0, 0.05) is 24.0 Å². The summed E-state index contributed by atoms with van der Waals surface area (Å²) in [6.45, 7) is 6.75. The first kappa shape index (κ1) is 20.6. The van der Waals surface area contributed by atoms with Crippen LogP contribution in [0.4, 0.5) is 0 Å². The molecule has 4 rings (SSSR count). The minimum absolute atomic E-state index is 0.112.